The summed E-state index contributed by atoms with van der Waals surface area (Å²) in [7, 11) is 0. The van der Waals surface area contributed by atoms with Gasteiger partial charge >= 0.3 is 0 Å². The molecule has 0 saturated carbocycles. The smallest absolute Gasteiger partial charge is 0.194 e. The molecule has 3 rings (SSSR count). The molecule has 0 bridgehead atoms. The lowest BCUT2D eigenvalue weighted by atomic mass is 9.99. The quantitative estimate of drug-likeness (QED) is 0.851. The SMILES string of the molecule is CC1(C)OCC(C(=O)c2ccc(Cl)c(Cc3ccc(O)cc3)c2)O1. The predicted octanol–water partition coefficient (Wildman–Crippen LogP) is 3.97. The zero-order chi connectivity index (χ0) is 17.3. The van der Waals surface area contributed by atoms with Crippen LogP contribution in [0.4, 0.5) is 0 Å². The second kappa shape index (κ2) is 6.55. The Balaban J connectivity index is 1.81. The minimum atomic E-state index is -0.735. The van der Waals surface area contributed by atoms with Gasteiger partial charge in [0.15, 0.2) is 11.6 Å². The highest BCUT2D eigenvalue weighted by molar-refractivity contribution is 6.31. The molecule has 1 saturated heterocycles. The highest BCUT2D eigenvalue weighted by Gasteiger charge is 2.37. The van der Waals surface area contributed by atoms with E-state index in [0.29, 0.717) is 17.0 Å². The first kappa shape index (κ1) is 17.0. The Labute approximate surface area is 146 Å². The molecule has 1 fully saturated rings. The van der Waals surface area contributed by atoms with E-state index in [2.05, 4.69) is 0 Å². The number of hydrogen-bond acceptors (Lipinski definition) is 4. The second-order valence-electron chi connectivity index (χ2n) is 6.33. The summed E-state index contributed by atoms with van der Waals surface area (Å²) in [5.74, 6) is -0.624. The normalized spacial score (nSPS) is 19.4. The van der Waals surface area contributed by atoms with Gasteiger partial charge in [0.25, 0.3) is 0 Å². The molecule has 1 heterocycles. The summed E-state index contributed by atoms with van der Waals surface area (Å²) in [6.07, 6.45) is -0.0176. The number of phenolic OH excluding ortho intramolecular Hbond substituents is 1. The van der Waals surface area contributed by atoms with Gasteiger partial charge in [0, 0.05) is 10.6 Å². The van der Waals surface area contributed by atoms with Gasteiger partial charge in [-0.2, -0.15) is 0 Å². The van der Waals surface area contributed by atoms with Crippen molar-refractivity contribution >= 4 is 17.4 Å². The van der Waals surface area contributed by atoms with Gasteiger partial charge in [-0.3, -0.25) is 4.79 Å². The van der Waals surface area contributed by atoms with Crippen LogP contribution < -0.4 is 0 Å². The van der Waals surface area contributed by atoms with Crippen LogP contribution in [0, 0.1) is 0 Å². The van der Waals surface area contributed by atoms with Crippen molar-refractivity contribution in [3.8, 4) is 5.75 Å². The van der Waals surface area contributed by atoms with Crippen LogP contribution in [0.25, 0.3) is 0 Å². The molecule has 126 valence electrons. The highest BCUT2D eigenvalue weighted by atomic mass is 35.5. The van der Waals surface area contributed by atoms with Crippen molar-refractivity contribution in [2.75, 3.05) is 6.61 Å². The van der Waals surface area contributed by atoms with Gasteiger partial charge in [-0.25, -0.2) is 0 Å². The van der Waals surface area contributed by atoms with Gasteiger partial charge in [-0.05, 0) is 61.7 Å². The van der Waals surface area contributed by atoms with E-state index in [1.807, 2.05) is 12.1 Å². The van der Waals surface area contributed by atoms with Crippen LogP contribution in [0.5, 0.6) is 5.75 Å². The molecule has 1 atom stereocenters. The number of hydrogen-bond donors (Lipinski definition) is 1. The van der Waals surface area contributed by atoms with E-state index in [1.54, 1.807) is 44.2 Å². The maximum absolute atomic E-state index is 12.6. The molecule has 1 N–H and O–H groups in total. The van der Waals surface area contributed by atoms with Gasteiger partial charge in [-0.1, -0.05) is 23.7 Å². The lowest BCUT2D eigenvalue weighted by Crippen LogP contribution is -2.27. The van der Waals surface area contributed by atoms with Crippen LogP contribution in [-0.4, -0.2) is 29.4 Å². The number of aromatic hydroxyl groups is 1. The van der Waals surface area contributed by atoms with Crippen LogP contribution in [0.15, 0.2) is 42.5 Å². The minimum absolute atomic E-state index is 0.107. The molecule has 0 radical (unpaired) electrons. The molecule has 0 spiro atoms. The average Bonchev–Trinajstić information content (AvgIpc) is 2.91. The molecular formula is C19H19ClO4. The fraction of sp³-hybridized carbons (Fsp3) is 0.316. The monoisotopic (exact) mass is 346 g/mol. The summed E-state index contributed by atoms with van der Waals surface area (Å²) in [6, 6.07) is 12.2. The Morgan fingerprint density at radius 3 is 2.58 bits per heavy atom. The van der Waals surface area contributed by atoms with Gasteiger partial charge < -0.3 is 14.6 Å². The van der Waals surface area contributed by atoms with Crippen molar-refractivity contribution < 1.29 is 19.4 Å². The standard InChI is InChI=1S/C19H19ClO4/c1-19(2)23-11-17(24-19)18(22)13-5-8-16(20)14(10-13)9-12-3-6-15(21)7-4-12/h3-8,10,17,21H,9,11H2,1-2H3. The van der Waals surface area contributed by atoms with E-state index in [1.165, 1.54) is 0 Å². The topological polar surface area (TPSA) is 55.8 Å². The number of ketones is 1. The fourth-order valence-corrected chi connectivity index (χ4v) is 2.88. The van der Waals surface area contributed by atoms with Crippen LogP contribution in [0.1, 0.15) is 35.3 Å². The summed E-state index contributed by atoms with van der Waals surface area (Å²) < 4.78 is 11.1. The molecule has 1 unspecified atom stereocenters. The average molecular weight is 347 g/mol. The Hall–Kier alpha value is -1.88. The third-order valence-corrected chi connectivity index (χ3v) is 4.33. The van der Waals surface area contributed by atoms with Crippen LogP contribution in [0.3, 0.4) is 0 Å². The van der Waals surface area contributed by atoms with Crippen molar-refractivity contribution in [2.24, 2.45) is 0 Å². The van der Waals surface area contributed by atoms with E-state index >= 15 is 0 Å². The Kier molecular flexibility index (Phi) is 4.63. The molecule has 1 aliphatic heterocycles. The van der Waals surface area contributed by atoms with Crippen LogP contribution in [0.2, 0.25) is 5.02 Å². The lowest BCUT2D eigenvalue weighted by Gasteiger charge is -2.16. The van der Waals surface area contributed by atoms with E-state index in [0.717, 1.165) is 11.1 Å². The summed E-state index contributed by atoms with van der Waals surface area (Å²) in [6.45, 7) is 3.83. The van der Waals surface area contributed by atoms with Crippen LogP contribution >= 0.6 is 11.6 Å². The molecule has 2 aromatic carbocycles. The Bertz CT molecular complexity index is 752. The van der Waals surface area contributed by atoms with E-state index in [4.69, 9.17) is 21.1 Å². The summed E-state index contributed by atoms with van der Waals surface area (Å²) in [4.78, 5) is 12.6. The summed E-state index contributed by atoms with van der Waals surface area (Å²) in [5.41, 5.74) is 2.41. The lowest BCUT2D eigenvalue weighted by molar-refractivity contribution is -0.133. The zero-order valence-electron chi connectivity index (χ0n) is 13.6. The number of ether oxygens (including phenoxy) is 2. The summed E-state index contributed by atoms with van der Waals surface area (Å²) in [5, 5.41) is 9.96. The van der Waals surface area contributed by atoms with Crippen molar-refractivity contribution in [3.05, 3.63) is 64.2 Å². The molecule has 5 heteroatoms. The zero-order valence-corrected chi connectivity index (χ0v) is 14.3. The molecule has 0 aromatic heterocycles. The molecule has 1 aliphatic rings. The van der Waals surface area contributed by atoms with Gasteiger partial charge in [0.1, 0.15) is 11.9 Å². The van der Waals surface area contributed by atoms with Crippen molar-refractivity contribution in [1.82, 2.24) is 0 Å². The summed E-state index contributed by atoms with van der Waals surface area (Å²) >= 11 is 6.27. The first-order valence-corrected chi connectivity index (χ1v) is 8.14. The van der Waals surface area contributed by atoms with Gasteiger partial charge in [0.2, 0.25) is 0 Å². The van der Waals surface area contributed by atoms with Crippen molar-refractivity contribution in [1.29, 1.82) is 0 Å². The molecule has 2 aromatic rings. The number of carbonyl (C=O) groups is 1. The highest BCUT2D eigenvalue weighted by Crippen LogP contribution is 2.27. The Morgan fingerprint density at radius 2 is 1.96 bits per heavy atom. The third-order valence-electron chi connectivity index (χ3n) is 3.96. The van der Waals surface area contributed by atoms with Gasteiger partial charge in [0.05, 0.1) is 6.61 Å². The molecular weight excluding hydrogens is 328 g/mol. The van der Waals surface area contributed by atoms with E-state index in [9.17, 15) is 9.90 Å². The van der Waals surface area contributed by atoms with E-state index in [-0.39, 0.29) is 18.1 Å². The predicted molar refractivity (Wildman–Crippen MR) is 91.6 cm³/mol. The van der Waals surface area contributed by atoms with Crippen molar-refractivity contribution in [2.45, 2.75) is 32.2 Å². The number of benzene rings is 2. The van der Waals surface area contributed by atoms with Crippen molar-refractivity contribution in [3.63, 3.8) is 0 Å². The van der Waals surface area contributed by atoms with Gasteiger partial charge in [-0.15, -0.1) is 0 Å². The van der Waals surface area contributed by atoms with Crippen LogP contribution in [-0.2, 0) is 15.9 Å². The minimum Gasteiger partial charge on any atom is -0.508 e. The first-order chi connectivity index (χ1) is 11.3. The largest absolute Gasteiger partial charge is 0.508 e. The Morgan fingerprint density at radius 1 is 1.25 bits per heavy atom. The number of rotatable bonds is 4. The second-order valence-corrected chi connectivity index (χ2v) is 6.74. The maximum Gasteiger partial charge on any atom is 0.194 e. The molecule has 24 heavy (non-hydrogen) atoms. The number of phenols is 1. The third kappa shape index (κ3) is 3.78. The maximum atomic E-state index is 12.6. The number of Topliss-reactive ketones (excluding diaryl/α,β-unsaturated/α-hetero) is 1. The van der Waals surface area contributed by atoms with E-state index < -0.39 is 11.9 Å². The fourth-order valence-electron chi connectivity index (χ4n) is 2.70. The molecule has 0 aliphatic carbocycles. The molecule has 0 amide bonds. The number of carbonyl (C=O) groups excluding carboxylic acids is 1. The molecule has 4 nitrogen and oxygen atoms in total. The number of halogens is 1. The first-order valence-electron chi connectivity index (χ1n) is 7.76.